The number of para-hydroxylation sites is 1. The lowest BCUT2D eigenvalue weighted by atomic mass is 9.58. The number of amides is 1. The van der Waals surface area contributed by atoms with Crippen LogP contribution in [-0.4, -0.2) is 21.7 Å². The Morgan fingerprint density at radius 3 is 2.61 bits per heavy atom. The average Bonchev–Trinajstić information content (AvgIpc) is 2.75. The van der Waals surface area contributed by atoms with Gasteiger partial charge in [0.1, 0.15) is 11.0 Å². The summed E-state index contributed by atoms with van der Waals surface area (Å²) in [7, 11) is 0. The smallest absolute Gasteiger partial charge is 0.283 e. The molecule has 0 bridgehead atoms. The fraction of sp³-hybridized carbons (Fsp3) is 0.522. The van der Waals surface area contributed by atoms with Gasteiger partial charge in [-0.1, -0.05) is 52.8 Å². The molecule has 1 aromatic heterocycles. The van der Waals surface area contributed by atoms with E-state index in [0.717, 1.165) is 11.1 Å². The van der Waals surface area contributed by atoms with E-state index in [1.807, 2.05) is 6.07 Å². The molecule has 0 saturated heterocycles. The van der Waals surface area contributed by atoms with E-state index in [-0.39, 0.29) is 23.6 Å². The molecule has 0 unspecified atom stereocenters. The van der Waals surface area contributed by atoms with Gasteiger partial charge in [0, 0.05) is 6.04 Å². The fourth-order valence-electron chi connectivity index (χ4n) is 4.22. The third-order valence-electron chi connectivity index (χ3n) is 7.12. The molecule has 1 saturated carbocycles. The molecule has 2 aromatic rings. The van der Waals surface area contributed by atoms with E-state index in [1.54, 1.807) is 30.5 Å². The van der Waals surface area contributed by atoms with Crippen molar-refractivity contribution in [3.63, 3.8) is 0 Å². The predicted octanol–water partition coefficient (Wildman–Crippen LogP) is 4.23. The minimum atomic E-state index is -0.475. The molecule has 31 heavy (non-hydrogen) atoms. The Hall–Kier alpha value is -2.35. The second-order valence-electron chi connectivity index (χ2n) is 9.13. The summed E-state index contributed by atoms with van der Waals surface area (Å²) in [5.74, 6) is 1.56. The van der Waals surface area contributed by atoms with Crippen LogP contribution in [0, 0.1) is 23.2 Å². The van der Waals surface area contributed by atoms with E-state index < -0.39 is 5.91 Å². The Morgan fingerprint density at radius 2 is 1.94 bits per heavy atom. The molecule has 0 radical (unpaired) electrons. The Bertz CT molecular complexity index is 977. The van der Waals surface area contributed by atoms with E-state index >= 15 is 0 Å². The lowest BCUT2D eigenvalue weighted by Crippen LogP contribution is -2.48. The zero-order chi connectivity index (χ0) is 22.8. The van der Waals surface area contributed by atoms with Crippen LogP contribution in [0.1, 0.15) is 41.0 Å². The predicted molar refractivity (Wildman–Crippen MR) is 125 cm³/mol. The van der Waals surface area contributed by atoms with Crippen LogP contribution >= 0.6 is 15.9 Å². The van der Waals surface area contributed by atoms with Crippen LogP contribution in [0.2, 0.25) is 0 Å². The number of carbonyl (C=O) groups excluding carboxylic acids is 1. The minimum Gasteiger partial charge on any atom is -0.380 e. The second-order valence-corrected chi connectivity index (χ2v) is 9.93. The molecule has 0 spiro atoms. The monoisotopic (exact) mass is 490 g/mol. The summed E-state index contributed by atoms with van der Waals surface area (Å²) < 4.78 is 1.48. The molecule has 2 N–H and O–H groups in total. The molecule has 168 valence electrons. The van der Waals surface area contributed by atoms with Crippen molar-refractivity contribution in [3.8, 4) is 5.75 Å². The number of aromatic nitrogens is 2. The van der Waals surface area contributed by atoms with Crippen molar-refractivity contribution in [3.05, 3.63) is 51.4 Å². The van der Waals surface area contributed by atoms with Crippen LogP contribution in [0.3, 0.4) is 0 Å². The van der Waals surface area contributed by atoms with Gasteiger partial charge in [-0.05, 0) is 57.7 Å². The van der Waals surface area contributed by atoms with E-state index in [4.69, 9.17) is 4.84 Å². The Labute approximate surface area is 191 Å². The van der Waals surface area contributed by atoms with Gasteiger partial charge in [-0.2, -0.15) is 10.6 Å². The van der Waals surface area contributed by atoms with Crippen LogP contribution in [-0.2, 0) is 11.3 Å². The summed E-state index contributed by atoms with van der Waals surface area (Å²) in [5.41, 5.74) is 2.88. The zero-order valence-electron chi connectivity index (χ0n) is 18.7. The van der Waals surface area contributed by atoms with Crippen LogP contribution in [0.25, 0.3) is 0 Å². The Balaban J connectivity index is 1.66. The van der Waals surface area contributed by atoms with Crippen LogP contribution in [0.5, 0.6) is 5.75 Å². The molecular formula is C23H31BrN4O3. The molecule has 3 rings (SSSR count). The third kappa shape index (κ3) is 5.11. The number of hydrogen-bond acceptors (Lipinski definition) is 5. The molecule has 1 amide bonds. The molecule has 1 aromatic carbocycles. The number of anilines is 1. The molecule has 1 heterocycles. The standard InChI is InChI=1S/C23H31BrN4O3/c1-14-11-18(15(2)16(3)23(14,4)5)26-19-12-25-28(22(30)21(19)24)13-20(29)27-31-17-9-7-6-8-10-17/h6-10,12,14-16,18,26H,11,13H2,1-5H3,(H,27,29)/t14-,15+,16+,18+/m0/s1. The van der Waals surface area contributed by atoms with Gasteiger partial charge in [0.05, 0.1) is 11.9 Å². The van der Waals surface area contributed by atoms with Gasteiger partial charge < -0.3 is 10.2 Å². The van der Waals surface area contributed by atoms with Crippen molar-refractivity contribution in [1.29, 1.82) is 0 Å². The number of nitrogens with zero attached hydrogens (tertiary/aromatic N) is 2. The number of hydroxylamine groups is 1. The lowest BCUT2D eigenvalue weighted by molar-refractivity contribution is -0.128. The number of benzene rings is 1. The van der Waals surface area contributed by atoms with E-state index in [2.05, 4.69) is 66.4 Å². The van der Waals surface area contributed by atoms with Crippen LogP contribution in [0.4, 0.5) is 5.69 Å². The fourth-order valence-corrected chi connectivity index (χ4v) is 4.64. The first-order valence-corrected chi connectivity index (χ1v) is 11.4. The summed E-state index contributed by atoms with van der Waals surface area (Å²) in [5, 5.41) is 7.70. The molecule has 8 heteroatoms. The van der Waals surface area contributed by atoms with E-state index in [1.165, 1.54) is 0 Å². The molecule has 4 atom stereocenters. The van der Waals surface area contributed by atoms with E-state index in [0.29, 0.717) is 33.7 Å². The molecule has 1 aliphatic carbocycles. The Kier molecular flexibility index (Phi) is 7.09. The highest BCUT2D eigenvalue weighted by atomic mass is 79.9. The maximum absolute atomic E-state index is 12.7. The van der Waals surface area contributed by atoms with Gasteiger partial charge in [-0.3, -0.25) is 9.59 Å². The van der Waals surface area contributed by atoms with Gasteiger partial charge in [-0.15, -0.1) is 0 Å². The summed E-state index contributed by atoms with van der Waals surface area (Å²) in [6.07, 6.45) is 2.62. The van der Waals surface area contributed by atoms with Crippen molar-refractivity contribution in [1.82, 2.24) is 15.3 Å². The second kappa shape index (κ2) is 9.42. The molecule has 1 fully saturated rings. The maximum Gasteiger partial charge on any atom is 0.283 e. The quantitative estimate of drug-likeness (QED) is 0.591. The summed E-state index contributed by atoms with van der Waals surface area (Å²) in [6, 6.07) is 9.13. The summed E-state index contributed by atoms with van der Waals surface area (Å²) in [4.78, 5) is 30.1. The van der Waals surface area contributed by atoms with Crippen LogP contribution in [0.15, 0.2) is 45.8 Å². The number of carbonyl (C=O) groups is 1. The largest absolute Gasteiger partial charge is 0.380 e. The lowest BCUT2D eigenvalue weighted by Gasteiger charge is -2.50. The molecule has 0 aliphatic heterocycles. The van der Waals surface area contributed by atoms with Crippen molar-refractivity contribution >= 4 is 27.5 Å². The summed E-state index contributed by atoms with van der Waals surface area (Å²) in [6.45, 7) is 11.3. The third-order valence-corrected chi connectivity index (χ3v) is 7.89. The van der Waals surface area contributed by atoms with Gasteiger partial charge in [0.25, 0.3) is 11.5 Å². The molecular weight excluding hydrogens is 460 g/mol. The van der Waals surface area contributed by atoms with Crippen molar-refractivity contribution < 1.29 is 9.63 Å². The molecule has 1 aliphatic rings. The van der Waals surface area contributed by atoms with Gasteiger partial charge in [-0.25, -0.2) is 4.68 Å². The SMILES string of the molecule is C[C@@H]1[C@@H](C)C(C)(C)[C@@H](C)C[C@H]1Nc1cnn(CC(=O)NOc2ccccc2)c(=O)c1Br. The Morgan fingerprint density at radius 1 is 1.26 bits per heavy atom. The number of nitrogens with one attached hydrogen (secondary N) is 2. The minimum absolute atomic E-state index is 0.243. The van der Waals surface area contributed by atoms with Crippen LogP contribution < -0.4 is 21.2 Å². The summed E-state index contributed by atoms with van der Waals surface area (Å²) >= 11 is 3.40. The van der Waals surface area contributed by atoms with Crippen molar-refractivity contribution in [2.75, 3.05) is 5.32 Å². The molecule has 7 nitrogen and oxygen atoms in total. The van der Waals surface area contributed by atoms with Gasteiger partial charge >= 0.3 is 0 Å². The number of rotatable bonds is 6. The highest BCUT2D eigenvalue weighted by Gasteiger charge is 2.43. The maximum atomic E-state index is 12.7. The van der Waals surface area contributed by atoms with Gasteiger partial charge in [0.15, 0.2) is 5.75 Å². The number of hydrogen-bond donors (Lipinski definition) is 2. The van der Waals surface area contributed by atoms with Gasteiger partial charge in [0.2, 0.25) is 0 Å². The average molecular weight is 491 g/mol. The first-order chi connectivity index (χ1) is 14.6. The first kappa shape index (κ1) is 23.3. The van der Waals surface area contributed by atoms with E-state index in [9.17, 15) is 9.59 Å². The van der Waals surface area contributed by atoms with Crippen molar-refractivity contribution in [2.24, 2.45) is 23.2 Å². The normalized spacial score (nSPS) is 25.0. The highest BCUT2D eigenvalue weighted by molar-refractivity contribution is 9.10. The topological polar surface area (TPSA) is 85.2 Å². The zero-order valence-corrected chi connectivity index (χ0v) is 20.3. The highest BCUT2D eigenvalue weighted by Crippen LogP contribution is 2.48. The van der Waals surface area contributed by atoms with Crippen molar-refractivity contribution in [2.45, 2.75) is 53.6 Å². The number of halogens is 1. The first-order valence-electron chi connectivity index (χ1n) is 10.6.